The smallest absolute Gasteiger partial charge is 0.381 e. The van der Waals surface area contributed by atoms with E-state index in [2.05, 4.69) is 189 Å². The summed E-state index contributed by atoms with van der Waals surface area (Å²) in [5.74, 6) is 10.5. The molecule has 0 N–H and O–H groups in total. The third kappa shape index (κ3) is 5.28. The second-order valence-corrected chi connectivity index (χ2v) is 19.3. The Hall–Kier alpha value is -7.34. The van der Waals surface area contributed by atoms with Gasteiger partial charge in [0, 0.05) is 23.5 Å². The summed E-state index contributed by atoms with van der Waals surface area (Å²) in [4.78, 5) is 19.4. The zero-order chi connectivity index (χ0) is 43.2. The van der Waals surface area contributed by atoms with E-state index in [4.69, 9.17) is 18.8 Å². The lowest BCUT2D eigenvalue weighted by Crippen LogP contribution is -2.73. The van der Waals surface area contributed by atoms with Crippen LogP contribution in [0.1, 0.15) is 63.8 Å². The number of pyridine rings is 2. The maximum atomic E-state index is 6.23. The fourth-order valence-corrected chi connectivity index (χ4v) is 10.5. The zero-order valence-electron chi connectivity index (χ0n) is 36.5. The van der Waals surface area contributed by atoms with E-state index in [1.54, 1.807) is 12.4 Å². The Balaban J connectivity index is 0.962. The van der Waals surface area contributed by atoms with Crippen molar-refractivity contribution in [3.05, 3.63) is 168 Å². The van der Waals surface area contributed by atoms with Crippen molar-refractivity contribution in [1.82, 2.24) is 47.6 Å². The number of benzene rings is 2. The average Bonchev–Trinajstić information content (AvgIpc) is 4.05. The van der Waals surface area contributed by atoms with Crippen LogP contribution in [-0.4, -0.2) is 75.6 Å². The van der Waals surface area contributed by atoms with Gasteiger partial charge in [-0.2, -0.15) is 9.97 Å². The van der Waals surface area contributed by atoms with Crippen LogP contribution in [0.4, 0.5) is 0 Å². The molecule has 1 fully saturated rings. The average molecular weight is 834 g/mol. The molecule has 0 saturated carbocycles. The molecule has 64 heavy (non-hydrogen) atoms. The van der Waals surface area contributed by atoms with Crippen LogP contribution in [-0.2, 0) is 10.8 Å². The van der Waals surface area contributed by atoms with Crippen LogP contribution in [0.15, 0.2) is 155 Å². The van der Waals surface area contributed by atoms with Crippen LogP contribution in [0.25, 0.3) is 67.4 Å². The van der Waals surface area contributed by atoms with Crippen molar-refractivity contribution in [2.75, 3.05) is 0 Å². The summed E-state index contributed by atoms with van der Waals surface area (Å²) in [5.41, 5.74) is 13.4. The molecule has 0 unspecified atom stereocenters. The molecule has 8 aromatic rings. The lowest BCUT2D eigenvalue weighted by atomic mass is 9.41. The summed E-state index contributed by atoms with van der Waals surface area (Å²) < 4.78 is 26.5. The van der Waals surface area contributed by atoms with E-state index in [0.29, 0.717) is 23.1 Å². The van der Waals surface area contributed by atoms with E-state index in [0.717, 1.165) is 55.4 Å². The van der Waals surface area contributed by atoms with Crippen molar-refractivity contribution in [3.63, 3.8) is 0 Å². The highest BCUT2D eigenvalue weighted by atomic mass is 16.4. The highest BCUT2D eigenvalue weighted by Gasteiger charge is 2.51. The minimum atomic E-state index is -0.160. The summed E-state index contributed by atoms with van der Waals surface area (Å²) in [5, 5.41) is 0. The Morgan fingerprint density at radius 2 is 0.922 bits per heavy atom. The van der Waals surface area contributed by atoms with E-state index in [1.807, 2.05) is 24.3 Å². The van der Waals surface area contributed by atoms with Crippen LogP contribution in [0.3, 0.4) is 0 Å². The molecule has 0 aliphatic carbocycles. The maximum Gasteiger partial charge on any atom is 0.381 e. The van der Waals surface area contributed by atoms with Crippen molar-refractivity contribution in [3.8, 4) is 0 Å². The summed E-state index contributed by atoms with van der Waals surface area (Å²) in [6.07, 6.45) is 25.7. The molecule has 1 saturated heterocycles. The summed E-state index contributed by atoms with van der Waals surface area (Å²) in [6.45, 7) is 13.1. The monoisotopic (exact) mass is 834 g/mol. The van der Waals surface area contributed by atoms with Gasteiger partial charge >= 0.3 is 39.6 Å². The molecule has 0 radical (unpaired) electrons. The van der Waals surface area contributed by atoms with Crippen LogP contribution < -0.4 is 0 Å². The molecular weight excluding hydrogens is 792 g/mol. The van der Waals surface area contributed by atoms with Crippen LogP contribution in [0.5, 0.6) is 0 Å². The molecule has 2 aromatic carbocycles. The normalized spacial score (nSPS) is 17.4. The molecule has 308 valence electrons. The fraction of sp³-hybridized carbons (Fsp3) is 0.167. The zero-order valence-corrected chi connectivity index (χ0v) is 36.5. The number of oxazole rings is 2. The second-order valence-electron chi connectivity index (χ2n) is 19.3. The van der Waals surface area contributed by atoms with Crippen molar-refractivity contribution in [1.29, 1.82) is 0 Å². The van der Waals surface area contributed by atoms with Gasteiger partial charge in [-0.15, -0.1) is 0 Å². The Morgan fingerprint density at radius 3 is 1.36 bits per heavy atom. The molecular formula is C48H42B4N10O2. The van der Waals surface area contributed by atoms with Gasteiger partial charge in [-0.05, 0) is 119 Å². The van der Waals surface area contributed by atoms with Gasteiger partial charge in [-0.25, -0.2) is 9.97 Å². The topological polar surface area (TPSA) is 99.6 Å². The van der Waals surface area contributed by atoms with Crippen LogP contribution in [0.2, 0.25) is 0 Å². The second kappa shape index (κ2) is 13.1. The number of nitrogens with zero attached hydrogens (tertiary/aromatic N) is 10. The third-order valence-corrected chi connectivity index (χ3v) is 13.4. The van der Waals surface area contributed by atoms with Crippen LogP contribution in [0, 0.1) is 0 Å². The lowest BCUT2D eigenvalue weighted by molar-refractivity contribution is 0.589. The summed E-state index contributed by atoms with van der Waals surface area (Å²) in [6, 6.07) is 16.9. The number of allylic oxidation sites excluding steroid dienone is 8. The summed E-state index contributed by atoms with van der Waals surface area (Å²) in [7, 11) is 0. The first-order valence-electron chi connectivity index (χ1n) is 22.0. The van der Waals surface area contributed by atoms with Gasteiger partial charge in [0.05, 0.1) is 11.0 Å². The minimum absolute atomic E-state index is 0.112. The van der Waals surface area contributed by atoms with Gasteiger partial charge in [-0.1, -0.05) is 89.7 Å². The first kappa shape index (κ1) is 37.2. The van der Waals surface area contributed by atoms with Crippen LogP contribution >= 0.6 is 0 Å². The van der Waals surface area contributed by atoms with Gasteiger partial charge < -0.3 is 27.7 Å². The molecule has 11 heterocycles. The van der Waals surface area contributed by atoms with E-state index in [1.165, 1.54) is 11.1 Å². The van der Waals surface area contributed by atoms with E-state index >= 15 is 0 Å². The molecule has 16 heteroatoms. The Bertz CT molecular complexity index is 3330. The highest BCUT2D eigenvalue weighted by molar-refractivity contribution is 6.92. The van der Waals surface area contributed by atoms with Crippen molar-refractivity contribution in [2.24, 2.45) is 0 Å². The SMILES string of the molecule is CC(C)(C)c1ccc2c(nc3oc4ncccc4n32)c1C1=CB2N3C=CC=CB3N3C=CC(c4c(C(C)(C)C)ccc5c4nc4oc6ncccc6n45)=CB3N3C=CC=CB3N2C=C1. The number of hydrogen-bond donors (Lipinski definition) is 0. The van der Waals surface area contributed by atoms with E-state index < -0.39 is 0 Å². The van der Waals surface area contributed by atoms with E-state index in [-0.39, 0.29) is 38.8 Å². The van der Waals surface area contributed by atoms with Crippen molar-refractivity contribution < 1.29 is 8.83 Å². The molecule has 0 amide bonds. The fourth-order valence-electron chi connectivity index (χ4n) is 10.5. The first-order valence-corrected chi connectivity index (χ1v) is 22.0. The number of rotatable bonds is 2. The lowest BCUT2D eigenvalue weighted by Gasteiger charge is -2.53. The van der Waals surface area contributed by atoms with Crippen molar-refractivity contribution in [2.45, 2.75) is 52.4 Å². The molecule has 0 bridgehead atoms. The highest BCUT2D eigenvalue weighted by Crippen LogP contribution is 2.43. The standard InChI is InChI=1S/C48H42B4N10O2/c1-47(2,3)33-15-17-35-41(55-45-61(35)37-13-11-23-53-43(37)63-45)39(33)31-19-27-59-50-22-8-10-26-58(50)52-30-32(20-28-60(52)49-21-7-9-25-57(49)51(59)29-31)40-34(48(4,5)6)16-18-36-42(40)56-46-62(36)38-14-12-24-54-44(38)64-46/h7-30H,1-6H3. The van der Waals surface area contributed by atoms with Gasteiger partial charge in [0.1, 0.15) is 22.1 Å². The Morgan fingerprint density at radius 1 is 0.484 bits per heavy atom. The molecule has 12 nitrogen and oxygen atoms in total. The number of aromatic nitrogens is 6. The Kier molecular flexibility index (Phi) is 7.62. The van der Waals surface area contributed by atoms with E-state index in [9.17, 15) is 0 Å². The molecule has 0 atom stereocenters. The third-order valence-electron chi connectivity index (χ3n) is 13.4. The summed E-state index contributed by atoms with van der Waals surface area (Å²) >= 11 is 0. The molecule has 13 rings (SSSR count). The predicted octanol–water partition coefficient (Wildman–Crippen LogP) is 9.19. The van der Waals surface area contributed by atoms with Crippen molar-refractivity contribution >= 4 is 95.3 Å². The number of imidazole rings is 2. The molecule has 0 spiro atoms. The molecule has 6 aromatic heterocycles. The molecule has 5 aliphatic heterocycles. The quantitative estimate of drug-likeness (QED) is 0.157. The predicted molar refractivity (Wildman–Crippen MR) is 259 cm³/mol. The number of hydrogen-bond acceptors (Lipinski definition) is 10. The molecule has 5 aliphatic rings. The minimum Gasteiger partial charge on any atom is -0.423 e. The Labute approximate surface area is 371 Å². The largest absolute Gasteiger partial charge is 0.423 e. The number of fused-ring (bicyclic) bond motifs is 18. The van der Waals surface area contributed by atoms with Gasteiger partial charge in [0.15, 0.2) is 0 Å². The van der Waals surface area contributed by atoms with Gasteiger partial charge in [0.25, 0.3) is 0 Å². The first-order chi connectivity index (χ1) is 31.0. The van der Waals surface area contributed by atoms with Gasteiger partial charge in [-0.3, -0.25) is 8.80 Å². The van der Waals surface area contributed by atoms with Gasteiger partial charge in [0.2, 0.25) is 11.4 Å². The maximum absolute atomic E-state index is 6.23.